The number of carbonyl (C=O) groups is 1. The van der Waals surface area contributed by atoms with Crippen molar-refractivity contribution >= 4 is 5.97 Å². The van der Waals surface area contributed by atoms with Crippen LogP contribution in [0.3, 0.4) is 0 Å². The molecular weight excluding hydrogens is 301 g/mol. The highest BCUT2D eigenvalue weighted by molar-refractivity contribution is 5.79. The maximum atomic E-state index is 13.1. The summed E-state index contributed by atoms with van der Waals surface area (Å²) >= 11 is 0. The van der Waals surface area contributed by atoms with Crippen LogP contribution in [0.1, 0.15) is 23.0 Å². The Morgan fingerprint density at radius 1 is 1.13 bits per heavy atom. The summed E-state index contributed by atoms with van der Waals surface area (Å²) < 4.78 is 18.0. The van der Waals surface area contributed by atoms with Gasteiger partial charge < -0.3 is 4.74 Å². The van der Waals surface area contributed by atoms with Crippen molar-refractivity contribution in [1.29, 1.82) is 0 Å². The van der Waals surface area contributed by atoms with Crippen molar-refractivity contribution in [3.05, 3.63) is 81.7 Å². The number of hydrogen-bond acceptors (Lipinski definition) is 4. The Balaban J connectivity index is 2.49. The lowest BCUT2D eigenvalue weighted by Gasteiger charge is -2.23. The first-order valence-corrected chi connectivity index (χ1v) is 7.03. The first-order valence-electron chi connectivity index (χ1n) is 7.03. The second-order valence-electron chi connectivity index (χ2n) is 5.08. The van der Waals surface area contributed by atoms with E-state index in [0.717, 1.165) is 0 Å². The van der Waals surface area contributed by atoms with Crippen LogP contribution in [-0.4, -0.2) is 24.5 Å². The van der Waals surface area contributed by atoms with E-state index in [4.69, 9.17) is 4.74 Å². The second-order valence-corrected chi connectivity index (χ2v) is 5.08. The lowest BCUT2D eigenvalue weighted by Crippen LogP contribution is -2.27. The Morgan fingerprint density at radius 2 is 1.74 bits per heavy atom. The number of carbonyl (C=O) groups excluding carboxylic acids is 1. The monoisotopic (exact) mass is 317 g/mol. The lowest BCUT2D eigenvalue weighted by molar-refractivity contribution is -0.483. The van der Waals surface area contributed by atoms with Crippen LogP contribution in [0.4, 0.5) is 4.39 Å². The minimum atomic E-state index is -0.836. The number of methoxy groups -OCH3 is 1. The molecule has 23 heavy (non-hydrogen) atoms. The zero-order chi connectivity index (χ0) is 16.8. The molecule has 0 saturated carbocycles. The molecule has 0 aliphatic heterocycles. The smallest absolute Gasteiger partial charge is 0.314 e. The van der Waals surface area contributed by atoms with Gasteiger partial charge in [-0.15, -0.1) is 0 Å². The summed E-state index contributed by atoms with van der Waals surface area (Å²) in [5.41, 5.74) is 1.14. The summed E-state index contributed by atoms with van der Waals surface area (Å²) in [6, 6.07) is 14.1. The highest BCUT2D eigenvalue weighted by atomic mass is 19.1. The maximum Gasteiger partial charge on any atom is 0.314 e. The molecule has 0 aliphatic rings. The number of hydrogen-bond donors (Lipinski definition) is 0. The van der Waals surface area contributed by atoms with Gasteiger partial charge in [-0.05, 0) is 23.3 Å². The Hall–Kier alpha value is -2.76. The van der Waals surface area contributed by atoms with Gasteiger partial charge in [-0.3, -0.25) is 14.9 Å². The third-order valence-corrected chi connectivity index (χ3v) is 3.66. The molecule has 2 rings (SSSR count). The zero-order valence-electron chi connectivity index (χ0n) is 12.5. The van der Waals surface area contributed by atoms with Crippen LogP contribution in [0.5, 0.6) is 0 Å². The van der Waals surface area contributed by atoms with Gasteiger partial charge in [0.05, 0.1) is 18.9 Å². The van der Waals surface area contributed by atoms with Crippen LogP contribution in [0.2, 0.25) is 0 Å². The van der Waals surface area contributed by atoms with E-state index >= 15 is 0 Å². The van der Waals surface area contributed by atoms with Crippen molar-refractivity contribution in [2.45, 2.75) is 11.8 Å². The Labute approximate surface area is 132 Å². The van der Waals surface area contributed by atoms with E-state index in [1.807, 2.05) is 0 Å². The van der Waals surface area contributed by atoms with Gasteiger partial charge in [0.1, 0.15) is 5.82 Å². The summed E-state index contributed by atoms with van der Waals surface area (Å²) in [5, 5.41) is 11.1. The predicted octanol–water partition coefficient (Wildman–Crippen LogP) is 3.14. The average molecular weight is 317 g/mol. The van der Waals surface area contributed by atoms with Gasteiger partial charge in [-0.2, -0.15) is 0 Å². The molecule has 0 saturated heterocycles. The number of esters is 1. The highest BCUT2D eigenvalue weighted by Gasteiger charge is 2.35. The van der Waals surface area contributed by atoms with E-state index < -0.39 is 35.1 Å². The first kappa shape index (κ1) is 16.6. The Bertz CT molecular complexity index is 673. The van der Waals surface area contributed by atoms with Gasteiger partial charge in [-0.25, -0.2) is 4.39 Å². The summed E-state index contributed by atoms with van der Waals surface area (Å²) in [4.78, 5) is 22.9. The Morgan fingerprint density at radius 3 is 2.26 bits per heavy atom. The molecule has 0 aromatic heterocycles. The van der Waals surface area contributed by atoms with Crippen LogP contribution in [0.25, 0.3) is 0 Å². The molecule has 0 bridgehead atoms. The standard InChI is InChI=1S/C17H16FNO4/c1-23-17(20)16(13-5-3-2-4-6-13)15(11-19(21)22)12-7-9-14(18)10-8-12/h2-10,15-16H,11H2,1H3/t15-,16+/m0/s1. The van der Waals surface area contributed by atoms with E-state index in [9.17, 15) is 19.3 Å². The third kappa shape index (κ3) is 4.12. The molecule has 2 atom stereocenters. The van der Waals surface area contributed by atoms with Gasteiger partial charge in [0, 0.05) is 4.92 Å². The van der Waals surface area contributed by atoms with Crippen molar-refractivity contribution in [3.63, 3.8) is 0 Å². The molecule has 0 fully saturated rings. The molecular formula is C17H16FNO4. The normalized spacial score (nSPS) is 13.1. The summed E-state index contributed by atoms with van der Waals surface area (Å²) in [7, 11) is 1.24. The number of nitro groups is 1. The average Bonchev–Trinajstić information content (AvgIpc) is 2.55. The molecule has 6 heteroatoms. The van der Waals surface area contributed by atoms with Gasteiger partial charge in [-0.1, -0.05) is 42.5 Å². The largest absolute Gasteiger partial charge is 0.469 e. The van der Waals surface area contributed by atoms with Crippen molar-refractivity contribution in [3.8, 4) is 0 Å². The SMILES string of the molecule is COC(=O)[C@H](c1ccccc1)[C@@H](C[N+](=O)[O-])c1ccc(F)cc1. The van der Waals surface area contributed by atoms with E-state index in [-0.39, 0.29) is 0 Å². The summed E-state index contributed by atoms with van der Waals surface area (Å²) in [5.74, 6) is -2.59. The molecule has 2 aromatic carbocycles. The molecule has 0 aliphatic carbocycles. The van der Waals surface area contributed by atoms with Gasteiger partial charge in [0.2, 0.25) is 6.54 Å². The number of ether oxygens (including phenoxy) is 1. The fraction of sp³-hybridized carbons (Fsp3) is 0.235. The van der Waals surface area contributed by atoms with Crippen LogP contribution >= 0.6 is 0 Å². The molecule has 0 spiro atoms. The second kappa shape index (κ2) is 7.49. The maximum absolute atomic E-state index is 13.1. The fourth-order valence-electron chi connectivity index (χ4n) is 2.59. The topological polar surface area (TPSA) is 69.4 Å². The number of nitrogens with zero attached hydrogens (tertiary/aromatic N) is 1. The van der Waals surface area contributed by atoms with E-state index in [1.165, 1.54) is 31.4 Å². The molecule has 120 valence electrons. The lowest BCUT2D eigenvalue weighted by atomic mass is 9.81. The minimum absolute atomic E-state index is 0.442. The van der Waals surface area contributed by atoms with Gasteiger partial charge in [0.15, 0.2) is 0 Å². The van der Waals surface area contributed by atoms with Crippen molar-refractivity contribution in [2.24, 2.45) is 0 Å². The summed E-state index contributed by atoms with van der Waals surface area (Å²) in [6.45, 7) is -0.458. The molecule has 2 aromatic rings. The van der Waals surface area contributed by atoms with Crippen molar-refractivity contribution < 1.29 is 18.8 Å². The predicted molar refractivity (Wildman–Crippen MR) is 82.2 cm³/mol. The van der Waals surface area contributed by atoms with E-state index in [2.05, 4.69) is 0 Å². The zero-order valence-corrected chi connectivity index (χ0v) is 12.5. The molecule has 0 heterocycles. The van der Waals surface area contributed by atoms with Crippen molar-refractivity contribution in [2.75, 3.05) is 13.7 Å². The highest BCUT2D eigenvalue weighted by Crippen LogP contribution is 2.34. The van der Waals surface area contributed by atoms with Crippen LogP contribution in [0, 0.1) is 15.9 Å². The fourth-order valence-corrected chi connectivity index (χ4v) is 2.59. The first-order chi connectivity index (χ1) is 11.0. The van der Waals surface area contributed by atoms with Crippen LogP contribution in [-0.2, 0) is 9.53 Å². The number of halogens is 1. The molecule has 0 N–H and O–H groups in total. The van der Waals surface area contributed by atoms with Crippen molar-refractivity contribution in [1.82, 2.24) is 0 Å². The summed E-state index contributed by atoms with van der Waals surface area (Å²) in [6.07, 6.45) is 0. The van der Waals surface area contributed by atoms with E-state index in [0.29, 0.717) is 11.1 Å². The van der Waals surface area contributed by atoms with Gasteiger partial charge in [0.25, 0.3) is 0 Å². The van der Waals surface area contributed by atoms with Crippen LogP contribution in [0.15, 0.2) is 54.6 Å². The Kier molecular flexibility index (Phi) is 5.41. The molecule has 5 nitrogen and oxygen atoms in total. The van der Waals surface area contributed by atoms with Crippen LogP contribution < -0.4 is 0 Å². The third-order valence-electron chi connectivity index (χ3n) is 3.66. The quantitative estimate of drug-likeness (QED) is 0.466. The number of rotatable bonds is 6. The number of benzene rings is 2. The van der Waals surface area contributed by atoms with E-state index in [1.54, 1.807) is 30.3 Å². The molecule has 0 unspecified atom stereocenters. The molecule has 0 radical (unpaired) electrons. The minimum Gasteiger partial charge on any atom is -0.469 e. The van der Waals surface area contributed by atoms with Gasteiger partial charge >= 0.3 is 5.97 Å². The molecule has 0 amide bonds.